The van der Waals surface area contributed by atoms with Gasteiger partial charge in [0, 0.05) is 13.5 Å². The second kappa shape index (κ2) is 4.16. The Bertz CT molecular complexity index is 457. The minimum atomic E-state index is -1.00. The van der Waals surface area contributed by atoms with Crippen molar-refractivity contribution in [1.29, 1.82) is 0 Å². The van der Waals surface area contributed by atoms with Crippen molar-refractivity contribution < 1.29 is 19.1 Å². The van der Waals surface area contributed by atoms with Crippen LogP contribution in [0.1, 0.15) is 18.0 Å². The minimum absolute atomic E-state index is 0.00607. The largest absolute Gasteiger partial charge is 0.481 e. The molecule has 1 fully saturated rings. The van der Waals surface area contributed by atoms with E-state index in [1.54, 1.807) is 7.05 Å². The third kappa shape index (κ3) is 2.00. The van der Waals surface area contributed by atoms with Gasteiger partial charge in [0.1, 0.15) is 5.82 Å². The molecule has 17 heavy (non-hydrogen) atoms. The molecular formula is C12H12FNO3. The summed E-state index contributed by atoms with van der Waals surface area (Å²) in [5.41, 5.74) is 0.646. The fourth-order valence-corrected chi connectivity index (χ4v) is 2.21. The second-order valence-corrected chi connectivity index (χ2v) is 4.15. The number of benzene rings is 1. The SMILES string of the molecule is CN1C(=O)C[C@@H](C(=O)O)[C@H]1c1ccc(F)cc1. The molecule has 0 unspecified atom stereocenters. The van der Waals surface area contributed by atoms with Gasteiger partial charge < -0.3 is 10.0 Å². The molecule has 0 aromatic heterocycles. The molecule has 1 aliphatic heterocycles. The topological polar surface area (TPSA) is 57.6 Å². The van der Waals surface area contributed by atoms with Crippen LogP contribution in [-0.2, 0) is 9.59 Å². The summed E-state index contributed by atoms with van der Waals surface area (Å²) in [6.45, 7) is 0. The maximum Gasteiger partial charge on any atom is 0.309 e. The molecule has 1 saturated heterocycles. The first-order chi connectivity index (χ1) is 8.00. The molecule has 90 valence electrons. The standard InChI is InChI=1S/C12H12FNO3/c1-14-10(15)6-9(12(16)17)11(14)7-2-4-8(13)5-3-7/h2-5,9,11H,6H2,1H3,(H,16,17)/t9-,11-/m1/s1. The van der Waals surface area contributed by atoms with Gasteiger partial charge >= 0.3 is 5.97 Å². The van der Waals surface area contributed by atoms with Gasteiger partial charge in [-0.2, -0.15) is 0 Å². The molecule has 0 spiro atoms. The van der Waals surface area contributed by atoms with Crippen molar-refractivity contribution in [2.75, 3.05) is 7.05 Å². The lowest BCUT2D eigenvalue weighted by atomic mass is 9.94. The summed E-state index contributed by atoms with van der Waals surface area (Å²) in [6, 6.07) is 5.06. The number of carboxylic acid groups (broad SMARTS) is 1. The van der Waals surface area contributed by atoms with Gasteiger partial charge in [0.2, 0.25) is 5.91 Å². The van der Waals surface area contributed by atoms with Gasteiger partial charge in [-0.1, -0.05) is 12.1 Å². The van der Waals surface area contributed by atoms with Crippen molar-refractivity contribution in [2.45, 2.75) is 12.5 Å². The van der Waals surface area contributed by atoms with Crippen LogP contribution in [0.5, 0.6) is 0 Å². The Labute approximate surface area is 97.7 Å². The number of rotatable bonds is 2. The van der Waals surface area contributed by atoms with Gasteiger partial charge in [-0.15, -0.1) is 0 Å². The smallest absolute Gasteiger partial charge is 0.309 e. The van der Waals surface area contributed by atoms with Gasteiger partial charge in [0.25, 0.3) is 0 Å². The first-order valence-corrected chi connectivity index (χ1v) is 5.24. The molecule has 4 nitrogen and oxygen atoms in total. The van der Waals surface area contributed by atoms with Crippen molar-refractivity contribution in [3.8, 4) is 0 Å². The highest BCUT2D eigenvalue weighted by Gasteiger charge is 2.42. The Kier molecular flexibility index (Phi) is 2.83. The van der Waals surface area contributed by atoms with E-state index in [0.717, 1.165) is 0 Å². The van der Waals surface area contributed by atoms with Crippen LogP contribution >= 0.6 is 0 Å². The monoisotopic (exact) mass is 237 g/mol. The van der Waals surface area contributed by atoms with E-state index < -0.39 is 17.9 Å². The normalized spacial score (nSPS) is 24.1. The quantitative estimate of drug-likeness (QED) is 0.846. The molecule has 1 aromatic carbocycles. The Morgan fingerprint density at radius 3 is 2.53 bits per heavy atom. The third-order valence-electron chi connectivity index (χ3n) is 3.12. The van der Waals surface area contributed by atoms with Crippen molar-refractivity contribution in [3.05, 3.63) is 35.6 Å². The van der Waals surface area contributed by atoms with Crippen LogP contribution < -0.4 is 0 Å². The Hall–Kier alpha value is -1.91. The predicted octanol–water partition coefficient (Wildman–Crippen LogP) is 1.43. The molecule has 2 atom stereocenters. The zero-order valence-electron chi connectivity index (χ0n) is 9.26. The van der Waals surface area contributed by atoms with Crippen LogP contribution in [0.4, 0.5) is 4.39 Å². The average molecular weight is 237 g/mol. The van der Waals surface area contributed by atoms with Crippen molar-refractivity contribution in [3.63, 3.8) is 0 Å². The molecule has 0 aliphatic carbocycles. The van der Waals surface area contributed by atoms with Gasteiger partial charge in [-0.3, -0.25) is 9.59 Å². The van der Waals surface area contributed by atoms with E-state index >= 15 is 0 Å². The first-order valence-electron chi connectivity index (χ1n) is 5.24. The van der Waals surface area contributed by atoms with Gasteiger partial charge in [-0.25, -0.2) is 4.39 Å². The summed E-state index contributed by atoms with van der Waals surface area (Å²) in [5, 5.41) is 9.08. The number of likely N-dealkylation sites (tertiary alicyclic amines) is 1. The van der Waals surface area contributed by atoms with Crippen LogP contribution in [0.25, 0.3) is 0 Å². The van der Waals surface area contributed by atoms with E-state index in [1.165, 1.54) is 29.2 Å². The molecule has 1 aliphatic rings. The molecule has 5 heteroatoms. The number of carboxylic acids is 1. The van der Waals surface area contributed by atoms with Crippen molar-refractivity contribution in [1.82, 2.24) is 4.90 Å². The zero-order chi connectivity index (χ0) is 12.6. The molecule has 1 heterocycles. The molecule has 2 rings (SSSR count). The average Bonchev–Trinajstić information content (AvgIpc) is 2.57. The predicted molar refractivity (Wildman–Crippen MR) is 57.7 cm³/mol. The zero-order valence-corrected chi connectivity index (χ0v) is 9.26. The van der Waals surface area contributed by atoms with Gasteiger partial charge in [-0.05, 0) is 17.7 Å². The molecule has 0 saturated carbocycles. The lowest BCUT2D eigenvalue weighted by Gasteiger charge is -2.23. The Balaban J connectivity index is 2.37. The fraction of sp³-hybridized carbons (Fsp3) is 0.333. The summed E-state index contributed by atoms with van der Waals surface area (Å²) >= 11 is 0. The maximum absolute atomic E-state index is 12.8. The highest BCUT2D eigenvalue weighted by Crippen LogP contribution is 2.36. The lowest BCUT2D eigenvalue weighted by Crippen LogP contribution is -2.26. The number of aliphatic carboxylic acids is 1. The van der Waals surface area contributed by atoms with Gasteiger partial charge in [0.05, 0.1) is 12.0 Å². The Morgan fingerprint density at radius 2 is 2.00 bits per heavy atom. The highest BCUT2D eigenvalue weighted by molar-refractivity contribution is 5.87. The number of carbonyl (C=O) groups is 2. The van der Waals surface area contributed by atoms with E-state index in [4.69, 9.17) is 5.11 Å². The number of carbonyl (C=O) groups excluding carboxylic acids is 1. The van der Waals surface area contributed by atoms with Crippen molar-refractivity contribution in [2.24, 2.45) is 5.92 Å². The van der Waals surface area contributed by atoms with E-state index in [-0.39, 0.29) is 18.1 Å². The van der Waals surface area contributed by atoms with Crippen LogP contribution in [-0.4, -0.2) is 28.9 Å². The number of amides is 1. The molecule has 1 amide bonds. The Morgan fingerprint density at radius 1 is 1.41 bits per heavy atom. The van der Waals surface area contributed by atoms with E-state index in [2.05, 4.69) is 0 Å². The summed E-state index contributed by atoms with van der Waals surface area (Å²) in [5.74, 6) is -2.35. The lowest BCUT2D eigenvalue weighted by molar-refractivity contribution is -0.142. The molecule has 0 radical (unpaired) electrons. The summed E-state index contributed by atoms with van der Waals surface area (Å²) in [6.07, 6.45) is -0.00607. The van der Waals surface area contributed by atoms with Crippen LogP contribution in [0.2, 0.25) is 0 Å². The number of hydrogen-bond acceptors (Lipinski definition) is 2. The third-order valence-corrected chi connectivity index (χ3v) is 3.12. The number of halogens is 1. The van der Waals surface area contributed by atoms with Gasteiger partial charge in [0.15, 0.2) is 0 Å². The minimum Gasteiger partial charge on any atom is -0.481 e. The summed E-state index contributed by atoms with van der Waals surface area (Å²) in [4.78, 5) is 24.0. The number of hydrogen-bond donors (Lipinski definition) is 1. The summed E-state index contributed by atoms with van der Waals surface area (Å²) in [7, 11) is 1.57. The second-order valence-electron chi connectivity index (χ2n) is 4.15. The van der Waals surface area contributed by atoms with Crippen LogP contribution in [0, 0.1) is 11.7 Å². The van der Waals surface area contributed by atoms with Crippen LogP contribution in [0.15, 0.2) is 24.3 Å². The molecule has 0 bridgehead atoms. The molecular weight excluding hydrogens is 225 g/mol. The number of nitrogens with zero attached hydrogens (tertiary/aromatic N) is 1. The molecule has 1 aromatic rings. The fourth-order valence-electron chi connectivity index (χ4n) is 2.21. The molecule has 1 N–H and O–H groups in total. The van der Waals surface area contributed by atoms with Crippen molar-refractivity contribution >= 4 is 11.9 Å². The highest BCUT2D eigenvalue weighted by atomic mass is 19.1. The van der Waals surface area contributed by atoms with E-state index in [9.17, 15) is 14.0 Å². The maximum atomic E-state index is 12.8. The van der Waals surface area contributed by atoms with E-state index in [1.807, 2.05) is 0 Å². The summed E-state index contributed by atoms with van der Waals surface area (Å²) < 4.78 is 12.8. The van der Waals surface area contributed by atoms with Crippen LogP contribution in [0.3, 0.4) is 0 Å². The van der Waals surface area contributed by atoms with E-state index in [0.29, 0.717) is 5.56 Å². The first kappa shape index (κ1) is 11.6.